The molecule has 5 nitrogen and oxygen atoms in total. The Hall–Kier alpha value is -1.72. The van der Waals surface area contributed by atoms with Crippen LogP contribution in [0.5, 0.6) is 0 Å². The zero-order chi connectivity index (χ0) is 10.8. The normalized spacial score (nSPS) is 20.6. The molecule has 2 rings (SSSR count). The first-order valence-electron chi connectivity index (χ1n) is 4.62. The molecule has 2 heterocycles. The summed E-state index contributed by atoms with van der Waals surface area (Å²) in [4.78, 5) is 19.7. The minimum atomic E-state index is -0.931. The standard InChI is InChI=1S/C9H10FN3O2/c10-7-3-11-8(12-4-7)6-1-2-13(5-6)9(14)15/h3-4,6H,1-2,5H2,(H,14,15). The maximum Gasteiger partial charge on any atom is 0.407 e. The molecule has 1 amide bonds. The Balaban J connectivity index is 2.07. The van der Waals surface area contributed by atoms with Crippen molar-refractivity contribution in [1.29, 1.82) is 0 Å². The summed E-state index contributed by atoms with van der Waals surface area (Å²) >= 11 is 0. The van der Waals surface area contributed by atoms with Gasteiger partial charge in [0.25, 0.3) is 0 Å². The summed E-state index contributed by atoms with van der Waals surface area (Å²) in [6.07, 6.45) is 1.97. The molecule has 1 aliphatic heterocycles. The molecule has 1 N–H and O–H groups in total. The number of halogens is 1. The van der Waals surface area contributed by atoms with Crippen molar-refractivity contribution in [3.05, 3.63) is 24.0 Å². The predicted molar refractivity (Wildman–Crippen MR) is 48.9 cm³/mol. The molecule has 0 aromatic carbocycles. The van der Waals surface area contributed by atoms with Crippen LogP contribution in [0.4, 0.5) is 9.18 Å². The van der Waals surface area contributed by atoms with Crippen LogP contribution >= 0.6 is 0 Å². The molecule has 80 valence electrons. The zero-order valence-corrected chi connectivity index (χ0v) is 7.93. The van der Waals surface area contributed by atoms with E-state index in [0.717, 1.165) is 12.4 Å². The van der Waals surface area contributed by atoms with Crippen LogP contribution in [0.3, 0.4) is 0 Å². The number of amides is 1. The third kappa shape index (κ3) is 2.03. The lowest BCUT2D eigenvalue weighted by Crippen LogP contribution is -2.26. The van der Waals surface area contributed by atoms with Crippen molar-refractivity contribution < 1.29 is 14.3 Å². The van der Waals surface area contributed by atoms with Crippen LogP contribution in [0.1, 0.15) is 18.2 Å². The summed E-state index contributed by atoms with van der Waals surface area (Å²) in [6.45, 7) is 0.877. The fourth-order valence-corrected chi connectivity index (χ4v) is 1.68. The van der Waals surface area contributed by atoms with Gasteiger partial charge in [-0.1, -0.05) is 0 Å². The number of carboxylic acid groups (broad SMARTS) is 1. The second-order valence-electron chi connectivity index (χ2n) is 3.47. The third-order valence-corrected chi connectivity index (χ3v) is 2.46. The number of likely N-dealkylation sites (tertiary alicyclic amines) is 1. The van der Waals surface area contributed by atoms with Gasteiger partial charge in [-0.15, -0.1) is 0 Å². The molecule has 1 unspecified atom stereocenters. The van der Waals surface area contributed by atoms with Gasteiger partial charge >= 0.3 is 6.09 Å². The van der Waals surface area contributed by atoms with Gasteiger partial charge in [0.05, 0.1) is 12.4 Å². The molecule has 1 aromatic heterocycles. The van der Waals surface area contributed by atoms with E-state index in [9.17, 15) is 9.18 Å². The second kappa shape index (κ2) is 3.80. The molecule has 1 aromatic rings. The van der Waals surface area contributed by atoms with Crippen molar-refractivity contribution in [2.24, 2.45) is 0 Å². The van der Waals surface area contributed by atoms with Gasteiger partial charge in [-0.2, -0.15) is 0 Å². The van der Waals surface area contributed by atoms with Crippen molar-refractivity contribution in [1.82, 2.24) is 14.9 Å². The summed E-state index contributed by atoms with van der Waals surface area (Å²) < 4.78 is 12.5. The van der Waals surface area contributed by atoms with Crippen molar-refractivity contribution in [2.75, 3.05) is 13.1 Å². The molecule has 0 bridgehead atoms. The van der Waals surface area contributed by atoms with E-state index in [1.54, 1.807) is 0 Å². The highest BCUT2D eigenvalue weighted by molar-refractivity contribution is 5.65. The Morgan fingerprint density at radius 3 is 2.73 bits per heavy atom. The van der Waals surface area contributed by atoms with Crippen LogP contribution in [-0.4, -0.2) is 39.2 Å². The smallest absolute Gasteiger partial charge is 0.407 e. The molecular formula is C9H10FN3O2. The van der Waals surface area contributed by atoms with Gasteiger partial charge in [0.1, 0.15) is 5.82 Å². The quantitative estimate of drug-likeness (QED) is 0.754. The number of hydrogen-bond acceptors (Lipinski definition) is 3. The first kappa shape index (κ1) is 9.82. The molecular weight excluding hydrogens is 201 g/mol. The Kier molecular flexibility index (Phi) is 2.49. The third-order valence-electron chi connectivity index (χ3n) is 2.46. The minimum Gasteiger partial charge on any atom is -0.465 e. The van der Waals surface area contributed by atoms with E-state index in [2.05, 4.69) is 9.97 Å². The summed E-state index contributed by atoms with van der Waals surface area (Å²) in [5.41, 5.74) is 0. The first-order chi connectivity index (χ1) is 7.16. The van der Waals surface area contributed by atoms with Crippen LogP contribution < -0.4 is 0 Å². The van der Waals surface area contributed by atoms with Crippen molar-refractivity contribution in [2.45, 2.75) is 12.3 Å². The molecule has 1 saturated heterocycles. The van der Waals surface area contributed by atoms with Gasteiger partial charge in [-0.3, -0.25) is 0 Å². The monoisotopic (exact) mass is 211 g/mol. The van der Waals surface area contributed by atoms with Crippen LogP contribution in [0.15, 0.2) is 12.4 Å². The molecule has 0 radical (unpaired) electrons. The van der Waals surface area contributed by atoms with E-state index in [-0.39, 0.29) is 5.92 Å². The Labute approximate surface area is 85.6 Å². The topological polar surface area (TPSA) is 66.3 Å². The highest BCUT2D eigenvalue weighted by atomic mass is 19.1. The zero-order valence-electron chi connectivity index (χ0n) is 7.93. The first-order valence-corrected chi connectivity index (χ1v) is 4.62. The minimum absolute atomic E-state index is 0.0123. The summed E-state index contributed by atoms with van der Waals surface area (Å²) in [7, 11) is 0. The summed E-state index contributed by atoms with van der Waals surface area (Å²) in [5.74, 6) is 0.0219. The van der Waals surface area contributed by atoms with Gasteiger partial charge in [0.2, 0.25) is 0 Å². The van der Waals surface area contributed by atoms with E-state index in [4.69, 9.17) is 5.11 Å². The Morgan fingerprint density at radius 1 is 1.53 bits per heavy atom. The largest absolute Gasteiger partial charge is 0.465 e. The van der Waals surface area contributed by atoms with Crippen LogP contribution in [-0.2, 0) is 0 Å². The highest BCUT2D eigenvalue weighted by Gasteiger charge is 2.28. The van der Waals surface area contributed by atoms with Gasteiger partial charge in [0, 0.05) is 19.0 Å². The lowest BCUT2D eigenvalue weighted by molar-refractivity contribution is 0.155. The number of nitrogens with zero attached hydrogens (tertiary/aromatic N) is 3. The van der Waals surface area contributed by atoms with Gasteiger partial charge in [-0.25, -0.2) is 19.2 Å². The number of hydrogen-bond donors (Lipinski definition) is 1. The van der Waals surface area contributed by atoms with E-state index < -0.39 is 11.9 Å². The van der Waals surface area contributed by atoms with Crippen molar-refractivity contribution in [3.8, 4) is 0 Å². The van der Waals surface area contributed by atoms with Crippen LogP contribution in [0.2, 0.25) is 0 Å². The lowest BCUT2D eigenvalue weighted by Gasteiger charge is -2.10. The predicted octanol–water partition coefficient (Wildman–Crippen LogP) is 1.08. The van der Waals surface area contributed by atoms with Gasteiger partial charge in [-0.05, 0) is 6.42 Å². The lowest BCUT2D eigenvalue weighted by atomic mass is 10.1. The average molecular weight is 211 g/mol. The number of rotatable bonds is 1. The maximum absolute atomic E-state index is 12.5. The fourth-order valence-electron chi connectivity index (χ4n) is 1.68. The second-order valence-corrected chi connectivity index (χ2v) is 3.47. The van der Waals surface area contributed by atoms with Crippen LogP contribution in [0, 0.1) is 5.82 Å². The molecule has 1 fully saturated rings. The molecule has 0 saturated carbocycles. The van der Waals surface area contributed by atoms with Gasteiger partial charge < -0.3 is 10.0 Å². The van der Waals surface area contributed by atoms with E-state index in [1.165, 1.54) is 4.90 Å². The SMILES string of the molecule is O=C(O)N1CCC(c2ncc(F)cn2)C1. The van der Waals surface area contributed by atoms with Crippen molar-refractivity contribution >= 4 is 6.09 Å². The Morgan fingerprint density at radius 2 is 2.20 bits per heavy atom. The molecule has 0 aliphatic carbocycles. The number of aromatic nitrogens is 2. The Bertz CT molecular complexity index is 368. The molecule has 0 spiro atoms. The van der Waals surface area contributed by atoms with E-state index in [0.29, 0.717) is 25.3 Å². The fraction of sp³-hybridized carbons (Fsp3) is 0.444. The average Bonchev–Trinajstić information content (AvgIpc) is 2.68. The van der Waals surface area contributed by atoms with Gasteiger partial charge in [0.15, 0.2) is 5.82 Å². The van der Waals surface area contributed by atoms with Crippen LogP contribution in [0.25, 0.3) is 0 Å². The molecule has 6 heteroatoms. The number of carbonyl (C=O) groups is 1. The van der Waals surface area contributed by atoms with Crippen molar-refractivity contribution in [3.63, 3.8) is 0 Å². The van der Waals surface area contributed by atoms with E-state index in [1.807, 2.05) is 0 Å². The summed E-state index contributed by atoms with van der Waals surface area (Å²) in [5, 5.41) is 8.75. The molecule has 15 heavy (non-hydrogen) atoms. The summed E-state index contributed by atoms with van der Waals surface area (Å²) in [6, 6.07) is 0. The maximum atomic E-state index is 12.5. The van der Waals surface area contributed by atoms with E-state index >= 15 is 0 Å². The highest BCUT2D eigenvalue weighted by Crippen LogP contribution is 2.23. The molecule has 1 aliphatic rings. The molecule has 1 atom stereocenters.